The van der Waals surface area contributed by atoms with Crippen molar-refractivity contribution in [2.45, 2.75) is 77.3 Å². The quantitative estimate of drug-likeness (QED) is 0.172. The van der Waals surface area contributed by atoms with Gasteiger partial charge in [-0.25, -0.2) is 0 Å². The Labute approximate surface area is 214 Å². The standard InChI is InChI=1S/C27H35BrF3NO3/c1-2-3-4-5-6-7-8-9-10-11-15-32-26(34)21-17-23(25(35-19-33)24(28)18-21)20-13-12-14-22(16-20)27(29,30)31/h12-14,16-18,33H,2-11,15,19H2,1H3,(H,32,34). The molecule has 0 atom stereocenters. The number of aliphatic hydroxyl groups is 1. The zero-order valence-corrected chi connectivity index (χ0v) is 21.8. The number of aliphatic hydroxyl groups excluding tert-OH is 1. The number of alkyl halides is 3. The molecule has 35 heavy (non-hydrogen) atoms. The van der Waals surface area contributed by atoms with Gasteiger partial charge in [-0.1, -0.05) is 76.8 Å². The second kappa shape index (κ2) is 15.1. The van der Waals surface area contributed by atoms with Crippen LogP contribution in [-0.2, 0) is 6.18 Å². The van der Waals surface area contributed by atoms with Gasteiger partial charge in [-0.15, -0.1) is 0 Å². The average molecular weight is 558 g/mol. The normalized spacial score (nSPS) is 11.5. The summed E-state index contributed by atoms with van der Waals surface area (Å²) in [6.45, 7) is 2.09. The number of carbonyl (C=O) groups is 1. The number of hydrogen-bond acceptors (Lipinski definition) is 3. The Hall–Kier alpha value is -2.06. The monoisotopic (exact) mass is 557 g/mol. The number of ether oxygens (including phenoxy) is 1. The van der Waals surface area contributed by atoms with Gasteiger partial charge in [0.1, 0.15) is 5.75 Å². The van der Waals surface area contributed by atoms with Gasteiger partial charge >= 0.3 is 6.18 Å². The molecule has 4 nitrogen and oxygen atoms in total. The Morgan fingerprint density at radius 3 is 2.20 bits per heavy atom. The second-order valence-electron chi connectivity index (χ2n) is 8.62. The lowest BCUT2D eigenvalue weighted by molar-refractivity contribution is -0.137. The highest BCUT2D eigenvalue weighted by atomic mass is 79.9. The summed E-state index contributed by atoms with van der Waals surface area (Å²) in [6.07, 6.45) is 7.50. The van der Waals surface area contributed by atoms with Crippen LogP contribution in [0.1, 0.15) is 87.1 Å². The third-order valence-electron chi connectivity index (χ3n) is 5.83. The predicted molar refractivity (Wildman–Crippen MR) is 136 cm³/mol. The molecule has 2 aromatic rings. The first-order chi connectivity index (χ1) is 16.8. The summed E-state index contributed by atoms with van der Waals surface area (Å²) >= 11 is 3.32. The predicted octanol–water partition coefficient (Wildman–Crippen LogP) is 8.11. The Balaban J connectivity index is 1.97. The first kappa shape index (κ1) is 29.2. The zero-order valence-electron chi connectivity index (χ0n) is 20.2. The molecular weight excluding hydrogens is 523 g/mol. The molecule has 0 radical (unpaired) electrons. The molecule has 0 saturated heterocycles. The number of unbranched alkanes of at least 4 members (excludes halogenated alkanes) is 9. The molecular formula is C27H35BrF3NO3. The van der Waals surface area contributed by atoms with Gasteiger partial charge in [0.2, 0.25) is 0 Å². The molecule has 2 aromatic carbocycles. The summed E-state index contributed by atoms with van der Waals surface area (Å²) in [4.78, 5) is 12.7. The van der Waals surface area contributed by atoms with Crippen molar-refractivity contribution >= 4 is 21.8 Å². The first-order valence-corrected chi connectivity index (χ1v) is 13.1. The summed E-state index contributed by atoms with van der Waals surface area (Å²) in [6, 6.07) is 7.81. The van der Waals surface area contributed by atoms with Crippen LogP contribution in [0.2, 0.25) is 0 Å². The number of rotatable bonds is 15. The van der Waals surface area contributed by atoms with Crippen molar-refractivity contribution in [1.29, 1.82) is 0 Å². The zero-order chi connectivity index (χ0) is 25.7. The van der Waals surface area contributed by atoms with Gasteiger partial charge in [-0.05, 0) is 52.2 Å². The van der Waals surface area contributed by atoms with E-state index in [0.29, 0.717) is 16.6 Å². The maximum Gasteiger partial charge on any atom is 0.416 e. The molecule has 0 heterocycles. The van der Waals surface area contributed by atoms with E-state index in [2.05, 4.69) is 28.2 Å². The maximum absolute atomic E-state index is 13.2. The highest BCUT2D eigenvalue weighted by Gasteiger charge is 2.31. The molecule has 194 valence electrons. The van der Waals surface area contributed by atoms with Gasteiger partial charge in [-0.2, -0.15) is 13.2 Å². The lowest BCUT2D eigenvalue weighted by Crippen LogP contribution is -2.24. The minimum atomic E-state index is -4.50. The molecule has 0 aliphatic heterocycles. The van der Waals surface area contributed by atoms with Crippen LogP contribution in [0.5, 0.6) is 5.75 Å². The Morgan fingerprint density at radius 2 is 1.60 bits per heavy atom. The summed E-state index contributed by atoms with van der Waals surface area (Å²) in [5.74, 6) is -0.150. The Bertz CT molecular complexity index is 934. The third kappa shape index (κ3) is 9.84. The fourth-order valence-electron chi connectivity index (χ4n) is 3.93. The fourth-order valence-corrected chi connectivity index (χ4v) is 4.50. The summed E-state index contributed by atoms with van der Waals surface area (Å²) in [7, 11) is 0. The van der Waals surface area contributed by atoms with E-state index in [9.17, 15) is 23.1 Å². The van der Waals surface area contributed by atoms with Crippen molar-refractivity contribution in [1.82, 2.24) is 5.32 Å². The van der Waals surface area contributed by atoms with Gasteiger partial charge in [-0.3, -0.25) is 4.79 Å². The number of nitrogens with one attached hydrogen (secondary N) is 1. The molecule has 2 N–H and O–H groups in total. The lowest BCUT2D eigenvalue weighted by Gasteiger charge is -2.16. The number of benzene rings is 2. The van der Waals surface area contributed by atoms with E-state index in [4.69, 9.17) is 4.74 Å². The van der Waals surface area contributed by atoms with E-state index in [0.717, 1.165) is 31.4 Å². The van der Waals surface area contributed by atoms with Crippen LogP contribution in [0.3, 0.4) is 0 Å². The van der Waals surface area contributed by atoms with E-state index >= 15 is 0 Å². The Morgan fingerprint density at radius 1 is 0.971 bits per heavy atom. The van der Waals surface area contributed by atoms with Crippen molar-refractivity contribution in [3.63, 3.8) is 0 Å². The molecule has 0 fully saturated rings. The topological polar surface area (TPSA) is 58.6 Å². The third-order valence-corrected chi connectivity index (χ3v) is 6.42. The van der Waals surface area contributed by atoms with E-state index in [1.807, 2.05) is 0 Å². The fraction of sp³-hybridized carbons (Fsp3) is 0.519. The molecule has 0 spiro atoms. The van der Waals surface area contributed by atoms with Crippen LogP contribution >= 0.6 is 15.9 Å². The van der Waals surface area contributed by atoms with E-state index in [1.54, 1.807) is 0 Å². The lowest BCUT2D eigenvalue weighted by atomic mass is 9.99. The van der Waals surface area contributed by atoms with Crippen LogP contribution < -0.4 is 10.1 Å². The van der Waals surface area contributed by atoms with Crippen LogP contribution in [0.25, 0.3) is 11.1 Å². The van der Waals surface area contributed by atoms with Gasteiger partial charge in [0.25, 0.3) is 5.91 Å². The summed E-state index contributed by atoms with van der Waals surface area (Å²) < 4.78 is 45.2. The second-order valence-corrected chi connectivity index (χ2v) is 9.48. The van der Waals surface area contributed by atoms with Crippen molar-refractivity contribution in [2.24, 2.45) is 0 Å². The van der Waals surface area contributed by atoms with Gasteiger partial charge in [0.05, 0.1) is 10.0 Å². The molecule has 2 rings (SSSR count). The van der Waals surface area contributed by atoms with Crippen molar-refractivity contribution in [2.75, 3.05) is 13.3 Å². The molecule has 0 unspecified atom stereocenters. The molecule has 0 aliphatic carbocycles. The van der Waals surface area contributed by atoms with E-state index in [1.165, 1.54) is 69.2 Å². The summed E-state index contributed by atoms with van der Waals surface area (Å²) in [5, 5.41) is 12.1. The SMILES string of the molecule is CCCCCCCCCCCCNC(=O)c1cc(Br)c(OCO)c(-c2cccc(C(F)(F)F)c2)c1. The first-order valence-electron chi connectivity index (χ1n) is 12.3. The van der Waals surface area contributed by atoms with Crippen LogP contribution in [0, 0.1) is 0 Å². The molecule has 8 heteroatoms. The van der Waals surface area contributed by atoms with Crippen molar-refractivity contribution in [3.8, 4) is 16.9 Å². The highest BCUT2D eigenvalue weighted by molar-refractivity contribution is 9.10. The molecule has 0 aromatic heterocycles. The van der Waals surface area contributed by atoms with Crippen molar-refractivity contribution < 1.29 is 27.8 Å². The van der Waals surface area contributed by atoms with Gasteiger partial charge in [0, 0.05) is 17.7 Å². The maximum atomic E-state index is 13.2. The molecule has 0 saturated carbocycles. The Kier molecular flexibility index (Phi) is 12.6. The smallest absolute Gasteiger partial charge is 0.416 e. The highest BCUT2D eigenvalue weighted by Crippen LogP contribution is 2.40. The molecule has 1 amide bonds. The minimum Gasteiger partial charge on any atom is -0.466 e. The number of carbonyl (C=O) groups excluding carboxylic acids is 1. The van der Waals surface area contributed by atoms with E-state index in [-0.39, 0.29) is 22.8 Å². The van der Waals surface area contributed by atoms with Crippen LogP contribution in [0.15, 0.2) is 40.9 Å². The van der Waals surface area contributed by atoms with Crippen LogP contribution in [0.4, 0.5) is 13.2 Å². The number of amides is 1. The largest absolute Gasteiger partial charge is 0.466 e. The molecule has 0 bridgehead atoms. The van der Waals surface area contributed by atoms with Crippen molar-refractivity contribution in [3.05, 3.63) is 52.0 Å². The van der Waals surface area contributed by atoms with Gasteiger partial charge in [0.15, 0.2) is 6.79 Å². The van der Waals surface area contributed by atoms with Gasteiger partial charge < -0.3 is 15.2 Å². The van der Waals surface area contributed by atoms with Crippen LogP contribution in [-0.4, -0.2) is 24.4 Å². The summed E-state index contributed by atoms with van der Waals surface area (Å²) in [5.41, 5.74) is -0.00419. The minimum absolute atomic E-state index is 0.165. The van der Waals surface area contributed by atoms with E-state index < -0.39 is 18.5 Å². The number of hydrogen-bond donors (Lipinski definition) is 2. The number of halogens is 4. The molecule has 0 aliphatic rings. The average Bonchev–Trinajstić information content (AvgIpc) is 2.83.